The number of hydrogen-bond acceptors (Lipinski definition) is 5. The van der Waals surface area contributed by atoms with Crippen LogP contribution < -0.4 is 15.8 Å². The Balaban J connectivity index is 1.42. The lowest BCUT2D eigenvalue weighted by Crippen LogP contribution is -2.22. The minimum absolute atomic E-state index is 0.575. The summed E-state index contributed by atoms with van der Waals surface area (Å²) in [5.74, 6) is 2.14. The second kappa shape index (κ2) is 6.98. The van der Waals surface area contributed by atoms with Crippen LogP contribution in [-0.4, -0.2) is 42.7 Å². The van der Waals surface area contributed by atoms with Gasteiger partial charge in [0, 0.05) is 6.54 Å². The van der Waals surface area contributed by atoms with Gasteiger partial charge >= 0.3 is 0 Å². The lowest BCUT2D eigenvalue weighted by molar-refractivity contribution is 0.290. The van der Waals surface area contributed by atoms with Gasteiger partial charge in [-0.3, -0.25) is 0 Å². The number of nitrogens with one attached hydrogen (secondary N) is 1. The van der Waals surface area contributed by atoms with Crippen molar-refractivity contribution in [3.63, 3.8) is 0 Å². The smallest absolute Gasteiger partial charge is 0.239 e. The number of pyridine rings is 1. The Labute approximate surface area is 126 Å². The number of aromatic nitrogens is 1. The molecule has 1 aromatic rings. The maximum Gasteiger partial charge on any atom is 0.239 e. The highest BCUT2D eigenvalue weighted by atomic mass is 16.5. The second-order valence-corrected chi connectivity index (χ2v) is 6.17. The monoisotopic (exact) mass is 290 g/mol. The molecule has 21 heavy (non-hydrogen) atoms. The lowest BCUT2D eigenvalue weighted by Gasteiger charge is -2.15. The lowest BCUT2D eigenvalue weighted by atomic mass is 10.3. The first-order chi connectivity index (χ1) is 10.3. The van der Waals surface area contributed by atoms with E-state index in [0.29, 0.717) is 17.5 Å². The molecule has 0 aromatic carbocycles. The maximum absolute atomic E-state index is 5.91. The molecule has 0 bridgehead atoms. The van der Waals surface area contributed by atoms with Crippen LogP contribution in [0.4, 0.5) is 11.5 Å². The van der Waals surface area contributed by atoms with Gasteiger partial charge in [0.1, 0.15) is 5.82 Å². The van der Waals surface area contributed by atoms with Gasteiger partial charge in [0.25, 0.3) is 0 Å². The van der Waals surface area contributed by atoms with E-state index in [4.69, 9.17) is 10.5 Å². The highest BCUT2D eigenvalue weighted by molar-refractivity contribution is 5.53. The van der Waals surface area contributed by atoms with Gasteiger partial charge in [-0.1, -0.05) is 0 Å². The van der Waals surface area contributed by atoms with Crippen molar-refractivity contribution in [3.05, 3.63) is 12.1 Å². The van der Waals surface area contributed by atoms with E-state index in [0.717, 1.165) is 25.4 Å². The standard InChI is InChI=1S/C16H26N4O/c17-14-6-7-15(19-16(14)21-12-13-4-5-13)18-8-3-11-20-9-1-2-10-20/h6-7,13H,1-5,8-12,17H2,(H,18,19). The van der Waals surface area contributed by atoms with E-state index in [2.05, 4.69) is 15.2 Å². The minimum Gasteiger partial charge on any atom is -0.476 e. The van der Waals surface area contributed by atoms with Crippen molar-refractivity contribution in [3.8, 4) is 5.88 Å². The number of nitrogen functional groups attached to an aromatic ring is 1. The molecule has 2 heterocycles. The van der Waals surface area contributed by atoms with E-state index in [1.807, 2.05) is 12.1 Å². The predicted molar refractivity (Wildman–Crippen MR) is 85.6 cm³/mol. The zero-order valence-corrected chi connectivity index (χ0v) is 12.7. The average molecular weight is 290 g/mol. The molecule has 2 aliphatic rings. The highest BCUT2D eigenvalue weighted by Crippen LogP contribution is 2.30. The second-order valence-electron chi connectivity index (χ2n) is 6.17. The van der Waals surface area contributed by atoms with E-state index in [1.165, 1.54) is 45.3 Å². The summed E-state index contributed by atoms with van der Waals surface area (Å²) in [7, 11) is 0. The van der Waals surface area contributed by atoms with E-state index >= 15 is 0 Å². The molecule has 0 radical (unpaired) electrons. The molecule has 2 fully saturated rings. The Kier molecular flexibility index (Phi) is 4.80. The van der Waals surface area contributed by atoms with Crippen LogP contribution in [0.25, 0.3) is 0 Å². The summed E-state index contributed by atoms with van der Waals surface area (Å²) < 4.78 is 5.70. The van der Waals surface area contributed by atoms with E-state index in [1.54, 1.807) is 0 Å². The van der Waals surface area contributed by atoms with Gasteiger partial charge in [-0.2, -0.15) is 4.98 Å². The summed E-state index contributed by atoms with van der Waals surface area (Å²) in [6, 6.07) is 3.80. The molecule has 1 aliphatic heterocycles. The number of ether oxygens (including phenoxy) is 1. The van der Waals surface area contributed by atoms with Gasteiger partial charge < -0.3 is 20.7 Å². The Morgan fingerprint density at radius 3 is 2.86 bits per heavy atom. The summed E-state index contributed by atoms with van der Waals surface area (Å²) in [5, 5.41) is 3.37. The van der Waals surface area contributed by atoms with Crippen molar-refractivity contribution in [2.75, 3.05) is 43.8 Å². The van der Waals surface area contributed by atoms with Crippen molar-refractivity contribution < 1.29 is 4.74 Å². The molecule has 3 rings (SSSR count). The number of nitrogens with two attached hydrogens (primary N) is 1. The molecular weight excluding hydrogens is 264 g/mol. The fourth-order valence-electron chi connectivity index (χ4n) is 2.67. The number of nitrogens with zero attached hydrogens (tertiary/aromatic N) is 2. The number of likely N-dealkylation sites (tertiary alicyclic amines) is 1. The molecule has 1 saturated carbocycles. The maximum atomic E-state index is 5.91. The Bertz CT molecular complexity index is 456. The molecule has 1 aliphatic carbocycles. The average Bonchev–Trinajstić information content (AvgIpc) is 3.18. The van der Waals surface area contributed by atoms with Crippen molar-refractivity contribution >= 4 is 11.5 Å². The molecule has 3 N–H and O–H groups in total. The molecule has 1 aromatic heterocycles. The first-order valence-corrected chi connectivity index (χ1v) is 8.17. The Morgan fingerprint density at radius 1 is 1.29 bits per heavy atom. The van der Waals surface area contributed by atoms with Crippen LogP contribution in [0.5, 0.6) is 5.88 Å². The zero-order valence-electron chi connectivity index (χ0n) is 12.7. The number of hydrogen-bond donors (Lipinski definition) is 2. The number of anilines is 2. The molecule has 0 unspecified atom stereocenters. The van der Waals surface area contributed by atoms with Crippen LogP contribution in [0.3, 0.4) is 0 Å². The third-order valence-corrected chi connectivity index (χ3v) is 4.20. The third kappa shape index (κ3) is 4.49. The first kappa shape index (κ1) is 14.4. The molecule has 0 spiro atoms. The van der Waals surface area contributed by atoms with Crippen LogP contribution in [0, 0.1) is 5.92 Å². The van der Waals surface area contributed by atoms with Gasteiger partial charge in [-0.15, -0.1) is 0 Å². The Hall–Kier alpha value is -1.49. The minimum atomic E-state index is 0.575. The molecule has 0 atom stereocenters. The van der Waals surface area contributed by atoms with Crippen molar-refractivity contribution in [2.24, 2.45) is 5.92 Å². The van der Waals surface area contributed by atoms with E-state index < -0.39 is 0 Å². The number of rotatable bonds is 8. The van der Waals surface area contributed by atoms with Crippen LogP contribution in [-0.2, 0) is 0 Å². The van der Waals surface area contributed by atoms with Gasteiger partial charge in [0.2, 0.25) is 5.88 Å². The third-order valence-electron chi connectivity index (χ3n) is 4.20. The fraction of sp³-hybridized carbons (Fsp3) is 0.688. The zero-order chi connectivity index (χ0) is 14.5. The Morgan fingerprint density at radius 2 is 2.10 bits per heavy atom. The predicted octanol–water partition coefficient (Wildman–Crippen LogP) is 2.35. The molecule has 5 heteroatoms. The molecular formula is C16H26N4O. The van der Waals surface area contributed by atoms with Crippen molar-refractivity contribution in [1.29, 1.82) is 0 Å². The van der Waals surface area contributed by atoms with Gasteiger partial charge in [-0.25, -0.2) is 0 Å². The van der Waals surface area contributed by atoms with Crippen LogP contribution in [0.2, 0.25) is 0 Å². The van der Waals surface area contributed by atoms with Gasteiger partial charge in [0.05, 0.1) is 12.3 Å². The summed E-state index contributed by atoms with van der Waals surface area (Å²) in [4.78, 5) is 7.00. The summed E-state index contributed by atoms with van der Waals surface area (Å²) in [5.41, 5.74) is 6.54. The fourth-order valence-corrected chi connectivity index (χ4v) is 2.67. The first-order valence-electron chi connectivity index (χ1n) is 8.17. The summed E-state index contributed by atoms with van der Waals surface area (Å²) >= 11 is 0. The van der Waals surface area contributed by atoms with Crippen LogP contribution in [0.15, 0.2) is 12.1 Å². The highest BCUT2D eigenvalue weighted by Gasteiger charge is 2.22. The summed E-state index contributed by atoms with van der Waals surface area (Å²) in [6.07, 6.45) is 6.40. The molecule has 1 saturated heterocycles. The molecule has 5 nitrogen and oxygen atoms in total. The summed E-state index contributed by atoms with van der Waals surface area (Å²) in [6.45, 7) is 5.39. The molecule has 116 valence electrons. The molecule has 0 amide bonds. The van der Waals surface area contributed by atoms with Crippen molar-refractivity contribution in [2.45, 2.75) is 32.1 Å². The topological polar surface area (TPSA) is 63.4 Å². The quantitative estimate of drug-likeness (QED) is 0.720. The van der Waals surface area contributed by atoms with E-state index in [9.17, 15) is 0 Å². The van der Waals surface area contributed by atoms with Crippen LogP contribution in [0.1, 0.15) is 32.1 Å². The van der Waals surface area contributed by atoms with Crippen molar-refractivity contribution in [1.82, 2.24) is 9.88 Å². The van der Waals surface area contributed by atoms with Gasteiger partial charge in [0.15, 0.2) is 0 Å². The largest absolute Gasteiger partial charge is 0.476 e. The SMILES string of the molecule is Nc1ccc(NCCCN2CCCC2)nc1OCC1CC1. The van der Waals surface area contributed by atoms with Crippen LogP contribution >= 0.6 is 0 Å². The van der Waals surface area contributed by atoms with Gasteiger partial charge in [-0.05, 0) is 69.8 Å². The normalized spacial score (nSPS) is 18.9. The van der Waals surface area contributed by atoms with E-state index in [-0.39, 0.29) is 0 Å².